The number of allylic oxidation sites excluding steroid dienone is 1. The molecule has 2 aromatic carbocycles. The normalized spacial score (nSPS) is 15.2. The Morgan fingerprint density at radius 2 is 1.89 bits per heavy atom. The van der Waals surface area contributed by atoms with Gasteiger partial charge in [0.05, 0.1) is 6.42 Å². The summed E-state index contributed by atoms with van der Waals surface area (Å²) in [6.45, 7) is 0.575. The van der Waals surface area contributed by atoms with Gasteiger partial charge in [0.25, 0.3) is 0 Å². The number of hydrogen-bond acceptors (Lipinski definition) is 3. The Bertz CT molecular complexity index is 844. The molecule has 1 amide bonds. The van der Waals surface area contributed by atoms with Crippen LogP contribution in [-0.4, -0.2) is 29.6 Å². The highest BCUT2D eigenvalue weighted by molar-refractivity contribution is 5.96. The summed E-state index contributed by atoms with van der Waals surface area (Å²) in [5.41, 5.74) is 2.06. The highest BCUT2D eigenvalue weighted by atomic mass is 16.4. The first-order valence-electron chi connectivity index (χ1n) is 9.54. The van der Waals surface area contributed by atoms with Gasteiger partial charge in [0.2, 0.25) is 5.91 Å². The summed E-state index contributed by atoms with van der Waals surface area (Å²) in [5, 5.41) is 17.4. The highest BCUT2D eigenvalue weighted by Gasteiger charge is 2.21. The minimum absolute atomic E-state index is 0.0960. The van der Waals surface area contributed by atoms with E-state index in [1.165, 1.54) is 18.4 Å². The zero-order valence-corrected chi connectivity index (χ0v) is 15.4. The zero-order chi connectivity index (χ0) is 19.1. The van der Waals surface area contributed by atoms with E-state index >= 15 is 0 Å². The van der Waals surface area contributed by atoms with Crippen LogP contribution in [0.2, 0.25) is 0 Å². The van der Waals surface area contributed by atoms with E-state index in [-0.39, 0.29) is 12.3 Å². The fourth-order valence-corrected chi connectivity index (χ4v) is 3.45. The maximum absolute atomic E-state index is 12.3. The van der Waals surface area contributed by atoms with Crippen LogP contribution >= 0.6 is 0 Å². The predicted molar refractivity (Wildman–Crippen MR) is 108 cm³/mol. The first-order chi connectivity index (χ1) is 13.1. The van der Waals surface area contributed by atoms with E-state index in [0.717, 1.165) is 30.0 Å². The number of carboxylic acids is 1. The molecule has 0 saturated carbocycles. The third kappa shape index (κ3) is 5.66. The summed E-state index contributed by atoms with van der Waals surface area (Å²) in [7, 11) is 0. The summed E-state index contributed by atoms with van der Waals surface area (Å²) in [6.07, 6.45) is 7.67. The first kappa shape index (κ1) is 19.1. The molecular weight excluding hydrogens is 340 g/mol. The van der Waals surface area contributed by atoms with Gasteiger partial charge in [-0.25, -0.2) is 0 Å². The summed E-state index contributed by atoms with van der Waals surface area (Å²) >= 11 is 0. The van der Waals surface area contributed by atoms with Gasteiger partial charge in [-0.1, -0.05) is 42.0 Å². The molecule has 0 radical (unpaired) electrons. The molecule has 3 N–H and O–H groups in total. The van der Waals surface area contributed by atoms with Crippen molar-refractivity contribution in [3.05, 3.63) is 54.1 Å². The molecule has 0 heterocycles. The maximum atomic E-state index is 12.3. The molecule has 1 aliphatic carbocycles. The Labute approximate surface area is 159 Å². The van der Waals surface area contributed by atoms with E-state index in [9.17, 15) is 14.7 Å². The molecular formula is C22H26N2O3. The third-order valence-electron chi connectivity index (χ3n) is 4.94. The minimum atomic E-state index is -0.999. The molecule has 0 aliphatic heterocycles. The number of anilines is 1. The van der Waals surface area contributed by atoms with Crippen molar-refractivity contribution < 1.29 is 14.7 Å². The number of fused-ring (bicyclic) bond motifs is 1. The van der Waals surface area contributed by atoms with Crippen LogP contribution in [0.5, 0.6) is 0 Å². The average molecular weight is 366 g/mol. The molecule has 3 rings (SSSR count). The molecule has 0 bridgehead atoms. The Hall–Kier alpha value is -2.66. The van der Waals surface area contributed by atoms with Crippen molar-refractivity contribution in [3.8, 4) is 0 Å². The molecule has 142 valence electrons. The number of amides is 1. The molecule has 1 atom stereocenters. The number of nitrogens with one attached hydrogen (secondary N) is 2. The van der Waals surface area contributed by atoms with Gasteiger partial charge < -0.3 is 15.7 Å². The largest absolute Gasteiger partial charge is 0.480 e. The molecule has 5 heteroatoms. The monoisotopic (exact) mass is 366 g/mol. The third-order valence-corrected chi connectivity index (χ3v) is 4.94. The van der Waals surface area contributed by atoms with Crippen molar-refractivity contribution in [2.45, 2.75) is 44.6 Å². The number of carbonyl (C=O) groups is 2. The summed E-state index contributed by atoms with van der Waals surface area (Å²) in [4.78, 5) is 23.8. The molecule has 0 spiro atoms. The van der Waals surface area contributed by atoms with E-state index in [2.05, 4.69) is 16.7 Å². The molecule has 0 aromatic heterocycles. The fourth-order valence-electron chi connectivity index (χ4n) is 3.45. The SMILES string of the molecule is O=C(CC(NCCC1=CCCCC1)C(=O)O)Nc1ccc2ccccc2c1. The lowest BCUT2D eigenvalue weighted by Gasteiger charge is -2.17. The first-order valence-corrected chi connectivity index (χ1v) is 9.54. The number of rotatable bonds is 8. The second kappa shape index (κ2) is 9.33. The van der Waals surface area contributed by atoms with Crippen LogP contribution in [0.4, 0.5) is 5.69 Å². The number of carbonyl (C=O) groups excluding carboxylic acids is 1. The Balaban J connectivity index is 1.52. The Kier molecular flexibility index (Phi) is 6.60. The van der Waals surface area contributed by atoms with Gasteiger partial charge in [-0.2, -0.15) is 0 Å². The van der Waals surface area contributed by atoms with E-state index in [1.807, 2.05) is 42.5 Å². The predicted octanol–water partition coefficient (Wildman–Crippen LogP) is 4.10. The van der Waals surface area contributed by atoms with Gasteiger partial charge in [0.15, 0.2) is 0 Å². The number of carboxylic acid groups (broad SMARTS) is 1. The smallest absolute Gasteiger partial charge is 0.321 e. The number of benzene rings is 2. The molecule has 5 nitrogen and oxygen atoms in total. The van der Waals surface area contributed by atoms with Crippen LogP contribution in [0.3, 0.4) is 0 Å². The van der Waals surface area contributed by atoms with E-state index in [0.29, 0.717) is 12.2 Å². The molecule has 1 aliphatic rings. The van der Waals surface area contributed by atoms with Gasteiger partial charge in [-0.05, 0) is 61.6 Å². The van der Waals surface area contributed by atoms with Crippen LogP contribution in [0.25, 0.3) is 10.8 Å². The van der Waals surface area contributed by atoms with Crippen molar-refractivity contribution in [1.82, 2.24) is 5.32 Å². The van der Waals surface area contributed by atoms with Gasteiger partial charge in [-0.15, -0.1) is 0 Å². The van der Waals surface area contributed by atoms with Gasteiger partial charge in [-0.3, -0.25) is 9.59 Å². The van der Waals surface area contributed by atoms with Gasteiger partial charge >= 0.3 is 5.97 Å². The quantitative estimate of drug-likeness (QED) is 0.615. The molecule has 0 saturated heterocycles. The average Bonchev–Trinajstić information content (AvgIpc) is 2.68. The van der Waals surface area contributed by atoms with Crippen LogP contribution in [0.15, 0.2) is 54.1 Å². The second-order valence-corrected chi connectivity index (χ2v) is 7.02. The lowest BCUT2D eigenvalue weighted by Crippen LogP contribution is -2.40. The van der Waals surface area contributed by atoms with Crippen molar-refractivity contribution >= 4 is 28.3 Å². The van der Waals surface area contributed by atoms with Gasteiger partial charge in [0.1, 0.15) is 6.04 Å². The van der Waals surface area contributed by atoms with Crippen molar-refractivity contribution in [2.75, 3.05) is 11.9 Å². The summed E-state index contributed by atoms with van der Waals surface area (Å²) in [5.74, 6) is -1.30. The standard InChI is InChI=1S/C22H26N2O3/c25-21(24-19-11-10-17-8-4-5-9-18(17)14-19)15-20(22(26)27)23-13-12-16-6-2-1-3-7-16/h4-6,8-11,14,20,23H,1-3,7,12-13,15H2,(H,24,25)(H,26,27). The van der Waals surface area contributed by atoms with Crippen molar-refractivity contribution in [3.63, 3.8) is 0 Å². The van der Waals surface area contributed by atoms with E-state index < -0.39 is 12.0 Å². The topological polar surface area (TPSA) is 78.4 Å². The van der Waals surface area contributed by atoms with Crippen molar-refractivity contribution in [1.29, 1.82) is 0 Å². The second-order valence-electron chi connectivity index (χ2n) is 7.02. The maximum Gasteiger partial charge on any atom is 0.321 e. The van der Waals surface area contributed by atoms with Gasteiger partial charge in [0, 0.05) is 5.69 Å². The van der Waals surface area contributed by atoms with Crippen molar-refractivity contribution in [2.24, 2.45) is 0 Å². The summed E-state index contributed by atoms with van der Waals surface area (Å²) < 4.78 is 0. The molecule has 0 fully saturated rings. The van der Waals surface area contributed by atoms with E-state index in [4.69, 9.17) is 0 Å². The van der Waals surface area contributed by atoms with Crippen LogP contribution < -0.4 is 10.6 Å². The lowest BCUT2D eigenvalue weighted by atomic mass is 9.97. The van der Waals surface area contributed by atoms with E-state index in [1.54, 1.807) is 0 Å². The minimum Gasteiger partial charge on any atom is -0.480 e. The van der Waals surface area contributed by atoms with Crippen LogP contribution in [0.1, 0.15) is 38.5 Å². The highest BCUT2D eigenvalue weighted by Crippen LogP contribution is 2.20. The molecule has 27 heavy (non-hydrogen) atoms. The lowest BCUT2D eigenvalue weighted by molar-refractivity contribution is -0.141. The van der Waals surface area contributed by atoms with Crippen LogP contribution in [0, 0.1) is 0 Å². The molecule has 2 aromatic rings. The Morgan fingerprint density at radius 1 is 1.07 bits per heavy atom. The molecule has 1 unspecified atom stereocenters. The zero-order valence-electron chi connectivity index (χ0n) is 15.4. The number of hydrogen-bond donors (Lipinski definition) is 3. The summed E-state index contributed by atoms with van der Waals surface area (Å²) in [6, 6.07) is 12.7. The fraction of sp³-hybridized carbons (Fsp3) is 0.364. The Morgan fingerprint density at radius 3 is 2.63 bits per heavy atom. The number of aliphatic carboxylic acids is 1. The van der Waals surface area contributed by atoms with Crippen LogP contribution in [-0.2, 0) is 9.59 Å².